The molecule has 1 amide bonds. The molecule has 1 saturated carbocycles. The maximum Gasteiger partial charge on any atom is 0.274 e. The number of fused-ring (bicyclic) bond motifs is 1. The maximum absolute atomic E-state index is 13.8. The monoisotopic (exact) mass is 517 g/mol. The van der Waals surface area contributed by atoms with Gasteiger partial charge in [0.05, 0.1) is 6.10 Å². The molecule has 2 heterocycles. The fraction of sp³-hybridized carbons (Fsp3) is 0.333. The zero-order valence-electron chi connectivity index (χ0n) is 22.0. The minimum absolute atomic E-state index is 0.109. The van der Waals surface area contributed by atoms with Crippen molar-refractivity contribution in [1.82, 2.24) is 9.13 Å². The Morgan fingerprint density at radius 2 is 1.68 bits per heavy atom. The standard InChI is InChI=1S/C30H32FN3O4/c1-16-9-19(13-23(10-16)38-28-17(2)11-20(31)12-18(28)3)25-15-33(4)30(37)27-24(25)14-26(29(32)36)34(27)21-5-7-22(35)8-6-21/h9-15,21-22,35H,5-8H2,1-4H3,(H2,32,36). The van der Waals surface area contributed by atoms with Gasteiger partial charge in [-0.15, -0.1) is 0 Å². The number of aryl methyl sites for hydroxylation is 4. The van der Waals surface area contributed by atoms with Crippen molar-refractivity contribution >= 4 is 16.8 Å². The molecule has 3 N–H and O–H groups in total. The Bertz CT molecular complexity index is 1600. The third-order valence-corrected chi connectivity index (χ3v) is 7.46. The van der Waals surface area contributed by atoms with E-state index in [1.807, 2.05) is 25.1 Å². The zero-order chi connectivity index (χ0) is 27.3. The van der Waals surface area contributed by atoms with Gasteiger partial charge in [0.25, 0.3) is 11.5 Å². The molecule has 0 atom stereocenters. The third kappa shape index (κ3) is 4.60. The lowest BCUT2D eigenvalue weighted by Gasteiger charge is -2.28. The number of aliphatic hydroxyl groups is 1. The molecule has 0 spiro atoms. The van der Waals surface area contributed by atoms with Crippen molar-refractivity contribution < 1.29 is 19.0 Å². The van der Waals surface area contributed by atoms with Crippen molar-refractivity contribution in [2.45, 2.75) is 58.6 Å². The Kier molecular flexibility index (Phi) is 6.61. The number of ether oxygens (including phenoxy) is 1. The first-order valence-electron chi connectivity index (χ1n) is 12.8. The number of pyridine rings is 1. The van der Waals surface area contributed by atoms with Crippen LogP contribution in [-0.2, 0) is 7.05 Å². The van der Waals surface area contributed by atoms with Crippen molar-refractivity contribution in [1.29, 1.82) is 0 Å². The number of nitrogens with zero attached hydrogens (tertiary/aromatic N) is 2. The van der Waals surface area contributed by atoms with Gasteiger partial charge in [-0.25, -0.2) is 4.39 Å². The first-order valence-corrected chi connectivity index (χ1v) is 12.8. The number of halogens is 1. The van der Waals surface area contributed by atoms with Crippen LogP contribution in [0.5, 0.6) is 11.5 Å². The number of nitrogens with two attached hydrogens (primary N) is 1. The summed E-state index contributed by atoms with van der Waals surface area (Å²) in [7, 11) is 1.69. The van der Waals surface area contributed by atoms with Crippen LogP contribution >= 0.6 is 0 Å². The van der Waals surface area contributed by atoms with Crippen LogP contribution in [0.4, 0.5) is 4.39 Å². The van der Waals surface area contributed by atoms with Crippen molar-refractivity contribution in [2.24, 2.45) is 12.8 Å². The number of rotatable bonds is 5. The quantitative estimate of drug-likeness (QED) is 0.368. The first-order chi connectivity index (χ1) is 18.0. The predicted molar refractivity (Wildman–Crippen MR) is 145 cm³/mol. The van der Waals surface area contributed by atoms with E-state index >= 15 is 0 Å². The molecule has 0 saturated heterocycles. The minimum Gasteiger partial charge on any atom is -0.457 e. The van der Waals surface area contributed by atoms with Crippen molar-refractivity contribution in [3.63, 3.8) is 0 Å². The summed E-state index contributed by atoms with van der Waals surface area (Å²) in [6.07, 6.45) is 3.89. The minimum atomic E-state index is -0.601. The second kappa shape index (κ2) is 9.76. The zero-order valence-corrected chi connectivity index (χ0v) is 22.0. The number of amides is 1. The Morgan fingerprint density at radius 1 is 1.03 bits per heavy atom. The van der Waals surface area contributed by atoms with Gasteiger partial charge in [-0.3, -0.25) is 9.59 Å². The molecule has 2 aromatic carbocycles. The fourth-order valence-corrected chi connectivity index (χ4v) is 5.69. The van der Waals surface area contributed by atoms with Gasteiger partial charge in [0.1, 0.15) is 28.5 Å². The summed E-state index contributed by atoms with van der Waals surface area (Å²) < 4.78 is 23.4. The van der Waals surface area contributed by atoms with E-state index in [0.717, 1.165) is 16.7 Å². The number of aliphatic hydroxyl groups excluding tert-OH is 1. The molecule has 198 valence electrons. The highest BCUT2D eigenvalue weighted by molar-refractivity contribution is 6.03. The van der Waals surface area contributed by atoms with Gasteiger partial charge in [0.15, 0.2) is 0 Å². The maximum atomic E-state index is 13.8. The molecule has 5 rings (SSSR count). The van der Waals surface area contributed by atoms with E-state index in [-0.39, 0.29) is 29.2 Å². The van der Waals surface area contributed by atoms with Crippen LogP contribution in [0.1, 0.15) is 58.9 Å². The Labute approximate surface area is 220 Å². The fourth-order valence-electron chi connectivity index (χ4n) is 5.69. The third-order valence-electron chi connectivity index (χ3n) is 7.46. The second-order valence-corrected chi connectivity index (χ2v) is 10.5. The topological polar surface area (TPSA) is 99.5 Å². The van der Waals surface area contributed by atoms with E-state index < -0.39 is 5.91 Å². The molecule has 1 fully saturated rings. The van der Waals surface area contributed by atoms with E-state index in [1.54, 1.807) is 37.7 Å². The summed E-state index contributed by atoms with van der Waals surface area (Å²) in [6.45, 7) is 5.56. The van der Waals surface area contributed by atoms with Crippen LogP contribution in [0.3, 0.4) is 0 Å². The van der Waals surface area contributed by atoms with E-state index in [0.29, 0.717) is 59.2 Å². The molecule has 1 aliphatic rings. The van der Waals surface area contributed by atoms with Gasteiger partial charge in [-0.2, -0.15) is 0 Å². The van der Waals surface area contributed by atoms with Gasteiger partial charge in [-0.1, -0.05) is 6.07 Å². The normalized spacial score (nSPS) is 17.6. The second-order valence-electron chi connectivity index (χ2n) is 10.5. The van der Waals surface area contributed by atoms with E-state index in [9.17, 15) is 19.1 Å². The molecule has 1 aliphatic carbocycles. The summed E-state index contributed by atoms with van der Waals surface area (Å²) in [5.74, 6) is 0.258. The molecule has 0 bridgehead atoms. The van der Waals surface area contributed by atoms with Crippen molar-refractivity contribution in [3.8, 4) is 22.6 Å². The number of carbonyl (C=O) groups is 1. The first kappa shape index (κ1) is 25.7. The average molecular weight is 518 g/mol. The van der Waals surface area contributed by atoms with Gasteiger partial charge in [0, 0.05) is 30.2 Å². The molecule has 0 aliphatic heterocycles. The summed E-state index contributed by atoms with van der Waals surface area (Å²) >= 11 is 0. The summed E-state index contributed by atoms with van der Waals surface area (Å²) in [5, 5.41) is 10.7. The summed E-state index contributed by atoms with van der Waals surface area (Å²) in [5.41, 5.74) is 10.2. The number of hydrogen-bond donors (Lipinski definition) is 2. The molecule has 2 aromatic heterocycles. The lowest BCUT2D eigenvalue weighted by atomic mass is 9.92. The van der Waals surface area contributed by atoms with Gasteiger partial charge < -0.3 is 24.7 Å². The highest BCUT2D eigenvalue weighted by atomic mass is 19.1. The van der Waals surface area contributed by atoms with Crippen LogP contribution in [0, 0.1) is 26.6 Å². The molecular weight excluding hydrogens is 485 g/mol. The molecule has 0 radical (unpaired) electrons. The highest BCUT2D eigenvalue weighted by Gasteiger charge is 2.28. The Balaban J connectivity index is 1.69. The van der Waals surface area contributed by atoms with E-state index in [1.165, 1.54) is 16.7 Å². The van der Waals surface area contributed by atoms with Gasteiger partial charge >= 0.3 is 0 Å². The molecule has 4 aromatic rings. The van der Waals surface area contributed by atoms with Crippen LogP contribution in [0.25, 0.3) is 22.0 Å². The van der Waals surface area contributed by atoms with Crippen LogP contribution in [-0.4, -0.2) is 26.3 Å². The number of aromatic nitrogens is 2. The molecule has 38 heavy (non-hydrogen) atoms. The van der Waals surface area contributed by atoms with E-state index in [4.69, 9.17) is 10.5 Å². The molecule has 8 heteroatoms. The number of primary amides is 1. The van der Waals surface area contributed by atoms with E-state index in [2.05, 4.69) is 0 Å². The largest absolute Gasteiger partial charge is 0.457 e. The SMILES string of the molecule is Cc1cc(Oc2c(C)cc(F)cc2C)cc(-c2cn(C)c(=O)c3c2cc(C(N)=O)n3C2CCC(O)CC2)c1. The van der Waals surface area contributed by atoms with Crippen LogP contribution in [0.2, 0.25) is 0 Å². The highest BCUT2D eigenvalue weighted by Crippen LogP contribution is 2.38. The molecular formula is C30H32FN3O4. The summed E-state index contributed by atoms with van der Waals surface area (Å²) in [6, 6.07) is 10.3. The molecule has 7 nitrogen and oxygen atoms in total. The van der Waals surface area contributed by atoms with Gasteiger partial charge in [0.2, 0.25) is 0 Å². The Morgan fingerprint density at radius 3 is 2.32 bits per heavy atom. The average Bonchev–Trinajstić information content (AvgIpc) is 3.25. The van der Waals surface area contributed by atoms with Gasteiger partial charge in [-0.05, 0) is 99.0 Å². The number of carbonyl (C=O) groups excluding carboxylic acids is 1. The lowest BCUT2D eigenvalue weighted by Crippen LogP contribution is -2.28. The summed E-state index contributed by atoms with van der Waals surface area (Å²) in [4.78, 5) is 26.0. The Hall–Kier alpha value is -3.91. The van der Waals surface area contributed by atoms with Crippen LogP contribution in [0.15, 0.2) is 47.4 Å². The predicted octanol–water partition coefficient (Wildman–Crippen LogP) is 5.44. The lowest BCUT2D eigenvalue weighted by molar-refractivity contribution is 0.0971. The van der Waals surface area contributed by atoms with Crippen molar-refractivity contribution in [2.75, 3.05) is 0 Å². The van der Waals surface area contributed by atoms with Crippen LogP contribution < -0.4 is 16.0 Å². The van der Waals surface area contributed by atoms with Crippen molar-refractivity contribution in [3.05, 3.63) is 81.2 Å². The number of hydrogen-bond acceptors (Lipinski definition) is 4. The molecule has 0 unspecified atom stereocenters. The number of benzene rings is 2. The smallest absolute Gasteiger partial charge is 0.274 e.